The van der Waals surface area contributed by atoms with E-state index in [0.717, 1.165) is 29.9 Å². The number of amides is 1. The summed E-state index contributed by atoms with van der Waals surface area (Å²) in [6.45, 7) is 9.76. The van der Waals surface area contributed by atoms with Crippen molar-refractivity contribution in [2.45, 2.75) is 39.3 Å². The van der Waals surface area contributed by atoms with Gasteiger partial charge in [-0.3, -0.25) is 10.1 Å². The minimum absolute atomic E-state index is 0.138. The van der Waals surface area contributed by atoms with E-state index in [1.807, 2.05) is 20.8 Å². The lowest BCUT2D eigenvalue weighted by molar-refractivity contribution is -0.385. The van der Waals surface area contributed by atoms with Gasteiger partial charge in [-0.15, -0.1) is 0 Å². The Bertz CT molecular complexity index is 1030. The molecule has 1 heterocycles. The molecule has 1 saturated heterocycles. The Morgan fingerprint density at radius 1 is 1.14 bits per heavy atom. The molecule has 2 aromatic carbocycles. The standard InChI is InChI=1S/C25H33ClN4O5/c1-25(2,3)35-24(31)29-13-11-28(12-14-29)20-7-5-18(6-8-20)17-27-10-9-19-15-23(34-4)22(30(32)33)16-21(19)26/h5-8,15-16,27H,9-14,17H2,1-4H3. The quantitative estimate of drug-likeness (QED) is 0.317. The number of halogens is 1. The number of nitro groups is 1. The zero-order valence-electron chi connectivity index (χ0n) is 20.7. The Hall–Kier alpha value is -3.04. The number of rotatable bonds is 8. The molecule has 35 heavy (non-hydrogen) atoms. The van der Waals surface area contributed by atoms with E-state index in [1.54, 1.807) is 11.0 Å². The van der Waals surface area contributed by atoms with E-state index in [-0.39, 0.29) is 17.5 Å². The van der Waals surface area contributed by atoms with E-state index < -0.39 is 10.5 Å². The molecule has 0 saturated carbocycles. The van der Waals surface area contributed by atoms with Gasteiger partial charge in [-0.2, -0.15) is 0 Å². The number of nitro benzene ring substituents is 1. The van der Waals surface area contributed by atoms with Crippen molar-refractivity contribution in [3.63, 3.8) is 0 Å². The fourth-order valence-electron chi connectivity index (χ4n) is 3.84. The molecule has 3 rings (SSSR count). The monoisotopic (exact) mass is 504 g/mol. The third kappa shape index (κ3) is 7.47. The zero-order valence-corrected chi connectivity index (χ0v) is 21.4. The van der Waals surface area contributed by atoms with Crippen LogP contribution in [-0.4, -0.2) is 61.4 Å². The number of anilines is 1. The summed E-state index contributed by atoms with van der Waals surface area (Å²) in [6, 6.07) is 11.3. The molecule has 10 heteroatoms. The van der Waals surface area contributed by atoms with Crippen molar-refractivity contribution in [3.8, 4) is 5.75 Å². The summed E-state index contributed by atoms with van der Waals surface area (Å²) in [5.41, 5.74) is 2.44. The first-order valence-corrected chi connectivity index (χ1v) is 12.0. The largest absolute Gasteiger partial charge is 0.490 e. The van der Waals surface area contributed by atoms with Gasteiger partial charge in [-0.05, 0) is 63.1 Å². The van der Waals surface area contributed by atoms with Gasteiger partial charge in [0.2, 0.25) is 0 Å². The van der Waals surface area contributed by atoms with Crippen molar-refractivity contribution in [1.29, 1.82) is 0 Å². The first-order valence-electron chi connectivity index (χ1n) is 11.6. The number of ether oxygens (including phenoxy) is 2. The van der Waals surface area contributed by atoms with Crippen LogP contribution in [0.3, 0.4) is 0 Å². The lowest BCUT2D eigenvalue weighted by Crippen LogP contribution is -2.50. The first-order chi connectivity index (χ1) is 16.6. The SMILES string of the molecule is COc1cc(CCNCc2ccc(N3CCN(C(=O)OC(C)(C)C)CC3)cc2)c(Cl)cc1[N+](=O)[O-]. The van der Waals surface area contributed by atoms with Crippen molar-refractivity contribution < 1.29 is 19.2 Å². The van der Waals surface area contributed by atoms with Crippen LogP contribution in [0, 0.1) is 10.1 Å². The van der Waals surface area contributed by atoms with Crippen LogP contribution in [0.4, 0.5) is 16.2 Å². The van der Waals surface area contributed by atoms with Crippen LogP contribution in [-0.2, 0) is 17.7 Å². The van der Waals surface area contributed by atoms with Gasteiger partial charge in [0.1, 0.15) is 5.60 Å². The van der Waals surface area contributed by atoms with Crippen LogP contribution in [0.1, 0.15) is 31.9 Å². The second-order valence-corrected chi connectivity index (χ2v) is 9.83. The first kappa shape index (κ1) is 26.6. The summed E-state index contributed by atoms with van der Waals surface area (Å²) in [6.07, 6.45) is 0.361. The molecule has 190 valence electrons. The van der Waals surface area contributed by atoms with Gasteiger partial charge < -0.3 is 24.6 Å². The van der Waals surface area contributed by atoms with Gasteiger partial charge in [0, 0.05) is 44.5 Å². The molecule has 0 aliphatic carbocycles. The van der Waals surface area contributed by atoms with E-state index in [0.29, 0.717) is 37.6 Å². The normalized spacial score (nSPS) is 14.1. The number of piperazine rings is 1. The smallest absolute Gasteiger partial charge is 0.410 e. The highest BCUT2D eigenvalue weighted by molar-refractivity contribution is 6.31. The number of carbonyl (C=O) groups excluding carboxylic acids is 1. The molecule has 0 atom stereocenters. The molecule has 1 aliphatic heterocycles. The van der Waals surface area contributed by atoms with Crippen LogP contribution < -0.4 is 15.0 Å². The maximum absolute atomic E-state index is 12.2. The molecule has 0 radical (unpaired) electrons. The number of benzene rings is 2. The number of carbonyl (C=O) groups is 1. The van der Waals surface area contributed by atoms with Gasteiger partial charge in [0.15, 0.2) is 5.75 Å². The van der Waals surface area contributed by atoms with Crippen molar-refractivity contribution in [2.24, 2.45) is 0 Å². The molecular formula is C25H33ClN4O5. The summed E-state index contributed by atoms with van der Waals surface area (Å²) in [5, 5.41) is 14.8. The lowest BCUT2D eigenvalue weighted by Gasteiger charge is -2.36. The van der Waals surface area contributed by atoms with Crippen molar-refractivity contribution in [2.75, 3.05) is 44.7 Å². The van der Waals surface area contributed by atoms with Crippen LogP contribution in [0.15, 0.2) is 36.4 Å². The fraction of sp³-hybridized carbons (Fsp3) is 0.480. The van der Waals surface area contributed by atoms with Crippen LogP contribution in [0.2, 0.25) is 5.02 Å². The number of methoxy groups -OCH3 is 1. The number of hydrogen-bond donors (Lipinski definition) is 1. The molecule has 1 fully saturated rings. The van der Waals surface area contributed by atoms with Crippen LogP contribution in [0.25, 0.3) is 0 Å². The van der Waals surface area contributed by atoms with E-state index >= 15 is 0 Å². The van der Waals surface area contributed by atoms with Crippen molar-refractivity contribution in [1.82, 2.24) is 10.2 Å². The molecule has 0 bridgehead atoms. The van der Waals surface area contributed by atoms with Crippen LogP contribution >= 0.6 is 11.6 Å². The molecular weight excluding hydrogens is 472 g/mol. The predicted molar refractivity (Wildman–Crippen MR) is 137 cm³/mol. The van der Waals surface area contributed by atoms with E-state index in [1.165, 1.54) is 13.2 Å². The molecule has 2 aromatic rings. The average Bonchev–Trinajstić information content (AvgIpc) is 2.81. The van der Waals surface area contributed by atoms with Gasteiger partial charge in [-0.1, -0.05) is 23.7 Å². The van der Waals surface area contributed by atoms with E-state index in [9.17, 15) is 14.9 Å². The van der Waals surface area contributed by atoms with Crippen molar-refractivity contribution in [3.05, 3.63) is 62.7 Å². The Balaban J connectivity index is 1.45. The fourth-order valence-corrected chi connectivity index (χ4v) is 4.09. The van der Waals surface area contributed by atoms with Crippen LogP contribution in [0.5, 0.6) is 5.75 Å². The van der Waals surface area contributed by atoms with E-state index in [4.69, 9.17) is 21.1 Å². The third-order valence-corrected chi connectivity index (χ3v) is 6.03. The number of nitrogens with zero attached hydrogens (tertiary/aromatic N) is 3. The topological polar surface area (TPSA) is 97.2 Å². The highest BCUT2D eigenvalue weighted by atomic mass is 35.5. The summed E-state index contributed by atoms with van der Waals surface area (Å²) in [7, 11) is 1.41. The van der Waals surface area contributed by atoms with Gasteiger partial charge in [-0.25, -0.2) is 4.79 Å². The number of nitrogens with one attached hydrogen (secondary N) is 1. The maximum Gasteiger partial charge on any atom is 0.410 e. The Kier molecular flexibility index (Phi) is 8.80. The third-order valence-electron chi connectivity index (χ3n) is 5.68. The zero-order chi connectivity index (χ0) is 25.6. The Morgan fingerprint density at radius 3 is 2.37 bits per heavy atom. The van der Waals surface area contributed by atoms with Gasteiger partial charge in [0.25, 0.3) is 0 Å². The highest BCUT2D eigenvalue weighted by Gasteiger charge is 2.26. The number of hydrogen-bond acceptors (Lipinski definition) is 7. The molecule has 0 unspecified atom stereocenters. The van der Waals surface area contributed by atoms with Gasteiger partial charge >= 0.3 is 11.8 Å². The summed E-state index contributed by atoms with van der Waals surface area (Å²) in [5.74, 6) is 0.205. The highest BCUT2D eigenvalue weighted by Crippen LogP contribution is 2.33. The predicted octanol–water partition coefficient (Wildman–Crippen LogP) is 4.65. The summed E-state index contributed by atoms with van der Waals surface area (Å²) >= 11 is 6.22. The molecule has 0 aromatic heterocycles. The Morgan fingerprint density at radius 2 is 1.80 bits per heavy atom. The lowest BCUT2D eigenvalue weighted by atomic mass is 10.1. The molecule has 1 N–H and O–H groups in total. The van der Waals surface area contributed by atoms with Crippen molar-refractivity contribution >= 4 is 29.1 Å². The summed E-state index contributed by atoms with van der Waals surface area (Å²) in [4.78, 5) is 26.9. The van der Waals surface area contributed by atoms with E-state index in [2.05, 4.69) is 34.5 Å². The molecule has 9 nitrogen and oxygen atoms in total. The second-order valence-electron chi connectivity index (χ2n) is 9.42. The minimum Gasteiger partial charge on any atom is -0.490 e. The Labute approximate surface area is 211 Å². The maximum atomic E-state index is 12.2. The summed E-state index contributed by atoms with van der Waals surface area (Å²) < 4.78 is 10.6. The minimum atomic E-state index is -0.503. The molecule has 0 spiro atoms. The molecule has 1 amide bonds. The van der Waals surface area contributed by atoms with Gasteiger partial charge in [0.05, 0.1) is 17.1 Å². The molecule has 1 aliphatic rings. The second kappa shape index (κ2) is 11.6. The average molecular weight is 505 g/mol.